The van der Waals surface area contributed by atoms with Gasteiger partial charge in [-0.15, -0.1) is 0 Å². The highest BCUT2D eigenvalue weighted by molar-refractivity contribution is 5.74. The number of nitrogens with zero attached hydrogens (tertiary/aromatic N) is 1. The van der Waals surface area contributed by atoms with Crippen molar-refractivity contribution >= 4 is 12.4 Å². The molecule has 0 N–H and O–H groups in total. The number of hydrogen-bond donors (Lipinski definition) is 0. The third kappa shape index (κ3) is 8.98. The SMILES string of the molecule is CC(C)N(Cc1ccc(C=O)cc1)C(=O)OC(C)(C)C.COC. The second kappa shape index (κ2) is 10.0. The molecule has 23 heavy (non-hydrogen) atoms. The standard InChI is InChI=1S/C16H23NO3.C2H6O/c1-12(2)17(15(19)20-16(3,4)5)10-13-6-8-14(11-18)9-7-13;1-3-2/h6-9,11-12H,10H2,1-5H3;1-2H3. The Labute approximate surface area is 139 Å². The van der Waals surface area contributed by atoms with Crippen LogP contribution in [-0.2, 0) is 16.0 Å². The summed E-state index contributed by atoms with van der Waals surface area (Å²) in [6.45, 7) is 9.91. The summed E-state index contributed by atoms with van der Waals surface area (Å²) in [4.78, 5) is 24.5. The molecular formula is C18H29NO4. The van der Waals surface area contributed by atoms with Crippen LogP contribution in [-0.4, -0.2) is 43.1 Å². The molecule has 1 aromatic carbocycles. The molecule has 0 aliphatic carbocycles. The average Bonchev–Trinajstić information content (AvgIpc) is 2.44. The second-order valence-electron chi connectivity index (χ2n) is 6.47. The van der Waals surface area contributed by atoms with Crippen molar-refractivity contribution < 1.29 is 19.1 Å². The molecule has 1 amide bonds. The highest BCUT2D eigenvalue weighted by Gasteiger charge is 2.24. The maximum absolute atomic E-state index is 12.2. The van der Waals surface area contributed by atoms with E-state index in [4.69, 9.17) is 4.74 Å². The van der Waals surface area contributed by atoms with Crippen molar-refractivity contribution in [3.8, 4) is 0 Å². The fraction of sp³-hybridized carbons (Fsp3) is 0.556. The van der Waals surface area contributed by atoms with Crippen molar-refractivity contribution in [3.05, 3.63) is 35.4 Å². The summed E-state index contributed by atoms with van der Waals surface area (Å²) in [6, 6.07) is 7.23. The Morgan fingerprint density at radius 2 is 1.65 bits per heavy atom. The topological polar surface area (TPSA) is 55.8 Å². The average molecular weight is 323 g/mol. The van der Waals surface area contributed by atoms with E-state index in [9.17, 15) is 9.59 Å². The Hall–Kier alpha value is -1.88. The molecule has 1 aromatic rings. The summed E-state index contributed by atoms with van der Waals surface area (Å²) in [6.07, 6.45) is 0.477. The van der Waals surface area contributed by atoms with Gasteiger partial charge in [-0.3, -0.25) is 4.79 Å². The van der Waals surface area contributed by atoms with Gasteiger partial charge in [0.25, 0.3) is 0 Å². The van der Waals surface area contributed by atoms with Crippen molar-refractivity contribution in [3.63, 3.8) is 0 Å². The van der Waals surface area contributed by atoms with Gasteiger partial charge >= 0.3 is 6.09 Å². The normalized spacial score (nSPS) is 10.6. The molecule has 5 nitrogen and oxygen atoms in total. The lowest BCUT2D eigenvalue weighted by molar-refractivity contribution is 0.0172. The molecule has 0 aliphatic rings. The third-order valence-corrected chi connectivity index (χ3v) is 2.72. The molecule has 0 atom stereocenters. The van der Waals surface area contributed by atoms with Gasteiger partial charge in [0.1, 0.15) is 11.9 Å². The van der Waals surface area contributed by atoms with Crippen LogP contribution in [0.4, 0.5) is 4.79 Å². The summed E-state index contributed by atoms with van der Waals surface area (Å²) in [5, 5.41) is 0. The van der Waals surface area contributed by atoms with E-state index in [-0.39, 0.29) is 12.1 Å². The number of rotatable bonds is 4. The van der Waals surface area contributed by atoms with Gasteiger partial charge in [0.2, 0.25) is 0 Å². The molecule has 0 spiro atoms. The van der Waals surface area contributed by atoms with Crippen LogP contribution < -0.4 is 0 Å². The lowest BCUT2D eigenvalue weighted by Crippen LogP contribution is -2.40. The van der Waals surface area contributed by atoms with E-state index in [0.717, 1.165) is 11.8 Å². The monoisotopic (exact) mass is 323 g/mol. The van der Waals surface area contributed by atoms with Crippen LogP contribution in [0.2, 0.25) is 0 Å². The van der Waals surface area contributed by atoms with Crippen LogP contribution in [0.3, 0.4) is 0 Å². The summed E-state index contributed by atoms with van der Waals surface area (Å²) < 4.78 is 9.66. The Morgan fingerprint density at radius 3 is 2.00 bits per heavy atom. The highest BCUT2D eigenvalue weighted by atomic mass is 16.6. The van der Waals surface area contributed by atoms with Crippen molar-refractivity contribution in [2.45, 2.75) is 52.8 Å². The largest absolute Gasteiger partial charge is 0.444 e. The minimum atomic E-state index is -0.508. The van der Waals surface area contributed by atoms with Gasteiger partial charge in [0.05, 0.1) is 0 Å². The van der Waals surface area contributed by atoms with Crippen LogP contribution in [0.15, 0.2) is 24.3 Å². The lowest BCUT2D eigenvalue weighted by Gasteiger charge is -2.30. The predicted molar refractivity (Wildman–Crippen MR) is 91.7 cm³/mol. The van der Waals surface area contributed by atoms with Gasteiger partial charge in [-0.05, 0) is 40.2 Å². The predicted octanol–water partition coefficient (Wildman–Crippen LogP) is 3.91. The first-order chi connectivity index (χ1) is 10.6. The first-order valence-corrected chi connectivity index (χ1v) is 7.58. The summed E-state index contributed by atoms with van der Waals surface area (Å²) in [7, 11) is 3.25. The smallest absolute Gasteiger partial charge is 0.410 e. The van der Waals surface area contributed by atoms with E-state index in [2.05, 4.69) is 4.74 Å². The lowest BCUT2D eigenvalue weighted by atomic mass is 10.1. The van der Waals surface area contributed by atoms with E-state index in [0.29, 0.717) is 12.1 Å². The van der Waals surface area contributed by atoms with Gasteiger partial charge in [-0.25, -0.2) is 4.79 Å². The highest BCUT2D eigenvalue weighted by Crippen LogP contribution is 2.15. The van der Waals surface area contributed by atoms with Crippen LogP contribution >= 0.6 is 0 Å². The van der Waals surface area contributed by atoms with E-state index in [1.165, 1.54) is 0 Å². The molecule has 0 saturated heterocycles. The Morgan fingerprint density at radius 1 is 1.17 bits per heavy atom. The van der Waals surface area contributed by atoms with Gasteiger partial charge < -0.3 is 14.4 Å². The van der Waals surface area contributed by atoms with Crippen molar-refractivity contribution in [2.24, 2.45) is 0 Å². The molecule has 130 valence electrons. The maximum Gasteiger partial charge on any atom is 0.410 e. The first-order valence-electron chi connectivity index (χ1n) is 7.58. The Balaban J connectivity index is 0.00000149. The van der Waals surface area contributed by atoms with E-state index in [1.807, 2.05) is 46.8 Å². The minimum Gasteiger partial charge on any atom is -0.444 e. The molecule has 0 saturated carbocycles. The number of ether oxygens (including phenoxy) is 2. The fourth-order valence-electron chi connectivity index (χ4n) is 1.68. The summed E-state index contributed by atoms with van der Waals surface area (Å²) in [5.41, 5.74) is 1.09. The van der Waals surface area contributed by atoms with Crippen LogP contribution in [0.1, 0.15) is 50.5 Å². The zero-order chi connectivity index (χ0) is 18.0. The number of hydrogen-bond acceptors (Lipinski definition) is 4. The van der Waals surface area contributed by atoms with Crippen LogP contribution in [0, 0.1) is 0 Å². The number of carbonyl (C=O) groups is 2. The van der Waals surface area contributed by atoms with Crippen molar-refractivity contribution in [2.75, 3.05) is 14.2 Å². The number of amides is 1. The second-order valence-corrected chi connectivity index (χ2v) is 6.47. The summed E-state index contributed by atoms with van der Waals surface area (Å²) in [5.74, 6) is 0. The van der Waals surface area contributed by atoms with E-state index in [1.54, 1.807) is 31.3 Å². The van der Waals surface area contributed by atoms with E-state index < -0.39 is 5.60 Å². The molecule has 0 radical (unpaired) electrons. The molecule has 0 heterocycles. The molecule has 0 unspecified atom stereocenters. The molecule has 0 aliphatic heterocycles. The molecular weight excluding hydrogens is 294 g/mol. The Kier molecular flexibility index (Phi) is 9.18. The quantitative estimate of drug-likeness (QED) is 0.788. The van der Waals surface area contributed by atoms with E-state index >= 15 is 0 Å². The number of carbonyl (C=O) groups excluding carboxylic acids is 2. The molecule has 1 rings (SSSR count). The molecule has 0 bridgehead atoms. The zero-order valence-corrected chi connectivity index (χ0v) is 15.3. The van der Waals surface area contributed by atoms with Gasteiger partial charge in [-0.2, -0.15) is 0 Å². The number of methoxy groups -OCH3 is 1. The van der Waals surface area contributed by atoms with Crippen molar-refractivity contribution in [1.29, 1.82) is 0 Å². The number of benzene rings is 1. The molecule has 0 fully saturated rings. The van der Waals surface area contributed by atoms with Gasteiger partial charge in [0.15, 0.2) is 0 Å². The number of aldehydes is 1. The van der Waals surface area contributed by atoms with Crippen LogP contribution in [0.25, 0.3) is 0 Å². The van der Waals surface area contributed by atoms with Crippen molar-refractivity contribution in [1.82, 2.24) is 4.90 Å². The van der Waals surface area contributed by atoms with Crippen LogP contribution in [0.5, 0.6) is 0 Å². The molecule has 0 aromatic heterocycles. The molecule has 5 heteroatoms. The zero-order valence-electron chi connectivity index (χ0n) is 15.3. The van der Waals surface area contributed by atoms with Gasteiger partial charge in [0, 0.05) is 32.4 Å². The Bertz CT molecular complexity index is 475. The van der Waals surface area contributed by atoms with Gasteiger partial charge in [-0.1, -0.05) is 24.3 Å². The fourth-order valence-corrected chi connectivity index (χ4v) is 1.68. The first kappa shape index (κ1) is 21.1. The third-order valence-electron chi connectivity index (χ3n) is 2.72. The summed E-state index contributed by atoms with van der Waals surface area (Å²) >= 11 is 0. The maximum atomic E-state index is 12.2. The minimum absolute atomic E-state index is 0.0376.